The van der Waals surface area contributed by atoms with E-state index in [0.29, 0.717) is 5.69 Å². The average Bonchev–Trinajstić information content (AvgIpc) is 2.98. The second kappa shape index (κ2) is 4.63. The maximum Gasteiger partial charge on any atom is 0.352 e. The number of carboxylic acid groups (broad SMARTS) is 1. The number of hydrogen-bond donors (Lipinski definition) is 4. The summed E-state index contributed by atoms with van der Waals surface area (Å²) in [6.07, 6.45) is 2.63. The molecule has 0 saturated carbocycles. The monoisotopic (exact) mass is 270 g/mol. The number of rotatable bonds is 5. The summed E-state index contributed by atoms with van der Waals surface area (Å²) in [5.74, 6) is -1.22. The zero-order valence-electron chi connectivity index (χ0n) is 9.04. The Bertz CT molecular complexity index is 644. The molecule has 0 aliphatic heterocycles. The lowest BCUT2D eigenvalue weighted by molar-refractivity contribution is 0.0691. The molecule has 0 bridgehead atoms. The van der Waals surface area contributed by atoms with Crippen LogP contribution in [-0.4, -0.2) is 34.7 Å². The molecule has 0 radical (unpaired) electrons. The van der Waals surface area contributed by atoms with Crippen LogP contribution in [0.3, 0.4) is 0 Å². The summed E-state index contributed by atoms with van der Waals surface area (Å²) in [6, 6.07) is 2.68. The lowest BCUT2D eigenvalue weighted by Crippen LogP contribution is -2.23. The molecule has 96 valence electrons. The third-order valence-electron chi connectivity index (χ3n) is 2.21. The van der Waals surface area contributed by atoms with Crippen molar-refractivity contribution in [2.75, 3.05) is 0 Å². The predicted octanol–water partition coefficient (Wildman–Crippen LogP) is -0.0855. The van der Waals surface area contributed by atoms with Crippen molar-refractivity contribution in [2.24, 2.45) is 0 Å². The number of nitrogens with zero attached hydrogens (tertiary/aromatic N) is 1. The molecule has 0 amide bonds. The second-order valence-electron chi connectivity index (χ2n) is 3.46. The van der Waals surface area contributed by atoms with Gasteiger partial charge in [-0.1, -0.05) is 0 Å². The standard InChI is InChI=1S/C9H10N4O4S/c14-9(15)8-3-7(5-10-8)18(16,17)12-4-6-1-2-11-13-6/h1-3,5,10,12H,4H2,(H,11,13)(H,14,15). The molecule has 0 fully saturated rings. The summed E-state index contributed by atoms with van der Waals surface area (Å²) in [5.41, 5.74) is 0.421. The van der Waals surface area contributed by atoms with Gasteiger partial charge in [-0.25, -0.2) is 17.9 Å². The molecule has 8 nitrogen and oxygen atoms in total. The van der Waals surface area contributed by atoms with Crippen molar-refractivity contribution in [1.82, 2.24) is 19.9 Å². The Hall–Kier alpha value is -2.13. The Labute approximate surface area is 102 Å². The van der Waals surface area contributed by atoms with Crippen LogP contribution in [0.4, 0.5) is 0 Å². The Kier molecular flexibility index (Phi) is 3.17. The van der Waals surface area contributed by atoms with Crippen LogP contribution in [0, 0.1) is 0 Å². The van der Waals surface area contributed by atoms with Gasteiger partial charge in [-0.15, -0.1) is 0 Å². The minimum atomic E-state index is -3.74. The Morgan fingerprint density at radius 2 is 2.28 bits per heavy atom. The zero-order chi connectivity index (χ0) is 13.2. The largest absolute Gasteiger partial charge is 0.477 e. The van der Waals surface area contributed by atoms with E-state index in [1.54, 1.807) is 6.07 Å². The van der Waals surface area contributed by atoms with Crippen molar-refractivity contribution in [3.05, 3.63) is 35.9 Å². The fourth-order valence-electron chi connectivity index (χ4n) is 1.29. The van der Waals surface area contributed by atoms with Gasteiger partial charge in [0, 0.05) is 12.4 Å². The number of aromatic nitrogens is 3. The summed E-state index contributed by atoms with van der Waals surface area (Å²) in [5, 5.41) is 15.0. The van der Waals surface area contributed by atoms with Crippen LogP contribution in [0.25, 0.3) is 0 Å². The van der Waals surface area contributed by atoms with Gasteiger partial charge in [0.25, 0.3) is 0 Å². The van der Waals surface area contributed by atoms with Crippen LogP contribution in [0.1, 0.15) is 16.2 Å². The summed E-state index contributed by atoms with van der Waals surface area (Å²) in [6.45, 7) is 0.0515. The minimum Gasteiger partial charge on any atom is -0.477 e. The van der Waals surface area contributed by atoms with Gasteiger partial charge in [0.2, 0.25) is 10.0 Å². The second-order valence-corrected chi connectivity index (χ2v) is 5.23. The Balaban J connectivity index is 2.12. The normalized spacial score (nSPS) is 11.6. The smallest absolute Gasteiger partial charge is 0.352 e. The van der Waals surface area contributed by atoms with Crippen molar-refractivity contribution < 1.29 is 18.3 Å². The molecule has 2 aromatic rings. The molecule has 9 heteroatoms. The van der Waals surface area contributed by atoms with E-state index in [1.807, 2.05) is 0 Å². The fraction of sp³-hybridized carbons (Fsp3) is 0.111. The van der Waals surface area contributed by atoms with Gasteiger partial charge < -0.3 is 10.1 Å². The molecule has 0 atom stereocenters. The highest BCUT2D eigenvalue weighted by atomic mass is 32.2. The molecule has 0 aromatic carbocycles. The summed E-state index contributed by atoms with van der Waals surface area (Å²) in [7, 11) is -3.74. The maximum atomic E-state index is 11.8. The SMILES string of the molecule is O=C(O)c1cc(S(=O)(=O)NCc2ccn[nH]2)c[nH]1. The summed E-state index contributed by atoms with van der Waals surface area (Å²) in [4.78, 5) is 12.9. The first-order chi connectivity index (χ1) is 8.49. The molecule has 0 saturated heterocycles. The average molecular weight is 270 g/mol. The number of hydrogen-bond acceptors (Lipinski definition) is 4. The van der Waals surface area contributed by atoms with Crippen LogP contribution in [-0.2, 0) is 16.6 Å². The van der Waals surface area contributed by atoms with Crippen LogP contribution in [0.15, 0.2) is 29.4 Å². The van der Waals surface area contributed by atoms with E-state index in [2.05, 4.69) is 19.9 Å². The van der Waals surface area contributed by atoms with E-state index in [-0.39, 0.29) is 17.1 Å². The third-order valence-corrected chi connectivity index (χ3v) is 3.59. The molecule has 2 heterocycles. The van der Waals surface area contributed by atoms with E-state index in [1.165, 1.54) is 6.20 Å². The van der Waals surface area contributed by atoms with Gasteiger partial charge in [0.1, 0.15) is 10.6 Å². The molecular weight excluding hydrogens is 260 g/mol. The summed E-state index contributed by atoms with van der Waals surface area (Å²) >= 11 is 0. The highest BCUT2D eigenvalue weighted by molar-refractivity contribution is 7.89. The van der Waals surface area contributed by atoms with Crippen LogP contribution in [0.5, 0.6) is 0 Å². The predicted molar refractivity (Wildman–Crippen MR) is 60.4 cm³/mol. The van der Waals surface area contributed by atoms with Crippen LogP contribution < -0.4 is 4.72 Å². The quantitative estimate of drug-likeness (QED) is 0.604. The van der Waals surface area contributed by atoms with Crippen molar-refractivity contribution in [3.8, 4) is 0 Å². The Morgan fingerprint density at radius 3 is 2.83 bits per heavy atom. The molecule has 2 rings (SSSR count). The molecule has 18 heavy (non-hydrogen) atoms. The molecule has 0 spiro atoms. The molecular formula is C9H10N4O4S. The highest BCUT2D eigenvalue weighted by Gasteiger charge is 2.17. The molecule has 0 aliphatic carbocycles. The molecule has 4 N–H and O–H groups in total. The van der Waals surface area contributed by atoms with E-state index >= 15 is 0 Å². The Morgan fingerprint density at radius 1 is 1.50 bits per heavy atom. The maximum absolute atomic E-state index is 11.8. The first-order valence-corrected chi connectivity index (χ1v) is 6.37. The topological polar surface area (TPSA) is 128 Å². The minimum absolute atomic E-state index is 0.0515. The van der Waals surface area contributed by atoms with Crippen LogP contribution in [0.2, 0.25) is 0 Å². The number of nitrogens with one attached hydrogen (secondary N) is 3. The number of H-pyrrole nitrogens is 2. The number of carboxylic acids is 1. The number of carbonyl (C=O) groups is 1. The van der Waals surface area contributed by atoms with E-state index in [4.69, 9.17) is 5.11 Å². The van der Waals surface area contributed by atoms with Crippen molar-refractivity contribution in [1.29, 1.82) is 0 Å². The zero-order valence-corrected chi connectivity index (χ0v) is 9.86. The van der Waals surface area contributed by atoms with Crippen molar-refractivity contribution in [2.45, 2.75) is 11.4 Å². The van der Waals surface area contributed by atoms with Gasteiger partial charge in [0.05, 0.1) is 12.2 Å². The van der Waals surface area contributed by atoms with Gasteiger partial charge in [0.15, 0.2) is 0 Å². The first kappa shape index (κ1) is 12.3. The van der Waals surface area contributed by atoms with E-state index in [0.717, 1.165) is 12.3 Å². The lowest BCUT2D eigenvalue weighted by Gasteiger charge is -2.02. The number of sulfonamides is 1. The van der Waals surface area contributed by atoms with E-state index < -0.39 is 16.0 Å². The lowest BCUT2D eigenvalue weighted by atomic mass is 10.4. The van der Waals surface area contributed by atoms with Crippen molar-refractivity contribution in [3.63, 3.8) is 0 Å². The summed E-state index contributed by atoms with van der Waals surface area (Å²) < 4.78 is 25.9. The highest BCUT2D eigenvalue weighted by Crippen LogP contribution is 2.11. The van der Waals surface area contributed by atoms with Crippen LogP contribution >= 0.6 is 0 Å². The van der Waals surface area contributed by atoms with Gasteiger partial charge >= 0.3 is 5.97 Å². The molecule has 0 aliphatic rings. The van der Waals surface area contributed by atoms with Gasteiger partial charge in [-0.2, -0.15) is 5.10 Å². The van der Waals surface area contributed by atoms with Gasteiger partial charge in [-0.3, -0.25) is 5.10 Å². The van der Waals surface area contributed by atoms with Crippen molar-refractivity contribution >= 4 is 16.0 Å². The van der Waals surface area contributed by atoms with Gasteiger partial charge in [-0.05, 0) is 12.1 Å². The molecule has 0 unspecified atom stereocenters. The van der Waals surface area contributed by atoms with E-state index in [9.17, 15) is 13.2 Å². The molecule has 2 aromatic heterocycles. The first-order valence-electron chi connectivity index (χ1n) is 4.88. The number of aromatic carboxylic acids is 1. The third kappa shape index (κ3) is 2.57. The fourth-order valence-corrected chi connectivity index (χ4v) is 2.29. The number of aromatic amines is 2.